The van der Waals surface area contributed by atoms with Gasteiger partial charge in [-0.05, 0) is 51.9 Å². The molecule has 3 nitrogen and oxygen atoms in total. The highest BCUT2D eigenvalue weighted by atomic mass is 79.9. The molecule has 0 radical (unpaired) electrons. The van der Waals surface area contributed by atoms with E-state index in [1.807, 2.05) is 6.07 Å². The van der Waals surface area contributed by atoms with Gasteiger partial charge in [0.05, 0.1) is 11.6 Å². The minimum atomic E-state index is 0.215. The molecular formula is C15H24BrNO2. The van der Waals surface area contributed by atoms with E-state index in [4.69, 9.17) is 9.84 Å². The number of aliphatic hydroxyl groups excluding tert-OH is 1. The maximum absolute atomic E-state index is 8.88. The molecule has 0 aliphatic rings. The highest BCUT2D eigenvalue weighted by Crippen LogP contribution is 2.26. The van der Waals surface area contributed by atoms with Gasteiger partial charge in [-0.15, -0.1) is 0 Å². The highest BCUT2D eigenvalue weighted by Gasteiger charge is 2.16. The second kappa shape index (κ2) is 7.88. The van der Waals surface area contributed by atoms with Crippen molar-refractivity contribution in [3.05, 3.63) is 28.2 Å². The van der Waals surface area contributed by atoms with Crippen molar-refractivity contribution in [2.24, 2.45) is 5.41 Å². The van der Waals surface area contributed by atoms with Crippen molar-refractivity contribution in [1.82, 2.24) is 5.32 Å². The van der Waals surface area contributed by atoms with E-state index in [0.29, 0.717) is 0 Å². The fourth-order valence-corrected chi connectivity index (χ4v) is 2.60. The summed E-state index contributed by atoms with van der Waals surface area (Å²) in [7, 11) is 1.67. The summed E-state index contributed by atoms with van der Waals surface area (Å²) in [5.41, 5.74) is 1.44. The lowest BCUT2D eigenvalue weighted by Crippen LogP contribution is -2.29. The molecule has 0 fully saturated rings. The molecule has 0 aliphatic carbocycles. The Hall–Kier alpha value is -0.580. The minimum Gasteiger partial charge on any atom is -0.496 e. The zero-order valence-electron chi connectivity index (χ0n) is 12.0. The summed E-state index contributed by atoms with van der Waals surface area (Å²) < 4.78 is 6.19. The third-order valence-electron chi connectivity index (χ3n) is 3.16. The average molecular weight is 330 g/mol. The van der Waals surface area contributed by atoms with Crippen molar-refractivity contribution in [3.8, 4) is 5.75 Å². The summed E-state index contributed by atoms with van der Waals surface area (Å²) in [6, 6.07) is 6.11. The van der Waals surface area contributed by atoms with Crippen LogP contribution in [0, 0.1) is 5.41 Å². The van der Waals surface area contributed by atoms with E-state index in [1.165, 1.54) is 5.56 Å². The van der Waals surface area contributed by atoms with Crippen LogP contribution < -0.4 is 10.1 Å². The Morgan fingerprint density at radius 1 is 1.37 bits per heavy atom. The molecule has 1 aromatic carbocycles. The zero-order chi connectivity index (χ0) is 14.3. The van der Waals surface area contributed by atoms with Crippen LogP contribution >= 0.6 is 15.9 Å². The van der Waals surface area contributed by atoms with Crippen molar-refractivity contribution in [2.75, 3.05) is 20.3 Å². The van der Waals surface area contributed by atoms with Gasteiger partial charge >= 0.3 is 0 Å². The van der Waals surface area contributed by atoms with Crippen molar-refractivity contribution in [1.29, 1.82) is 0 Å². The minimum absolute atomic E-state index is 0.215. The first-order chi connectivity index (χ1) is 8.98. The smallest absolute Gasteiger partial charge is 0.133 e. The lowest BCUT2D eigenvalue weighted by atomic mass is 9.88. The van der Waals surface area contributed by atoms with E-state index in [9.17, 15) is 0 Å². The number of hydrogen-bond donors (Lipinski definition) is 2. The summed E-state index contributed by atoms with van der Waals surface area (Å²) in [4.78, 5) is 0. The van der Waals surface area contributed by atoms with Gasteiger partial charge in [-0.2, -0.15) is 0 Å². The van der Waals surface area contributed by atoms with Crippen LogP contribution in [0.5, 0.6) is 5.75 Å². The zero-order valence-corrected chi connectivity index (χ0v) is 13.6. The van der Waals surface area contributed by atoms with Crippen molar-refractivity contribution < 1.29 is 9.84 Å². The number of ether oxygens (including phenoxy) is 1. The van der Waals surface area contributed by atoms with Crippen LogP contribution in [0.2, 0.25) is 0 Å². The molecule has 0 aromatic heterocycles. The number of rotatable bonds is 8. The summed E-state index contributed by atoms with van der Waals surface area (Å²) in [5.74, 6) is 0.854. The van der Waals surface area contributed by atoms with Gasteiger partial charge in [0.15, 0.2) is 0 Å². The second-order valence-corrected chi connectivity index (χ2v) is 6.42. The maximum atomic E-state index is 8.88. The van der Waals surface area contributed by atoms with Crippen LogP contribution in [0.25, 0.3) is 0 Å². The Bertz CT molecular complexity index is 394. The molecular weight excluding hydrogens is 306 g/mol. The normalized spacial score (nSPS) is 11.6. The van der Waals surface area contributed by atoms with Gasteiger partial charge in [0.2, 0.25) is 0 Å². The van der Waals surface area contributed by atoms with Gasteiger partial charge in [0, 0.05) is 19.7 Å². The number of methoxy groups -OCH3 is 1. The van der Waals surface area contributed by atoms with Crippen LogP contribution in [-0.4, -0.2) is 25.4 Å². The predicted octanol–water partition coefficient (Wildman–Crippen LogP) is 3.35. The number of hydrogen-bond acceptors (Lipinski definition) is 3. The molecule has 2 N–H and O–H groups in total. The molecule has 1 aromatic rings. The Morgan fingerprint density at radius 2 is 2.11 bits per heavy atom. The Morgan fingerprint density at radius 3 is 2.68 bits per heavy atom. The Kier molecular flexibility index (Phi) is 6.83. The van der Waals surface area contributed by atoms with Crippen LogP contribution in [0.1, 0.15) is 32.3 Å². The van der Waals surface area contributed by atoms with E-state index >= 15 is 0 Å². The summed E-state index contributed by atoms with van der Waals surface area (Å²) in [5, 5.41) is 12.3. The maximum Gasteiger partial charge on any atom is 0.133 e. The lowest BCUT2D eigenvalue weighted by Gasteiger charge is -2.24. The van der Waals surface area contributed by atoms with Crippen molar-refractivity contribution in [2.45, 2.75) is 33.2 Å². The average Bonchev–Trinajstić information content (AvgIpc) is 2.36. The van der Waals surface area contributed by atoms with Gasteiger partial charge in [0.25, 0.3) is 0 Å². The van der Waals surface area contributed by atoms with Gasteiger partial charge in [-0.1, -0.05) is 19.9 Å². The molecule has 0 saturated carbocycles. The second-order valence-electron chi connectivity index (χ2n) is 5.56. The molecule has 0 amide bonds. The molecule has 0 atom stereocenters. The van der Waals surface area contributed by atoms with Gasteiger partial charge in [-0.25, -0.2) is 0 Å². The Balaban J connectivity index is 2.42. The van der Waals surface area contributed by atoms with E-state index < -0.39 is 0 Å². The third kappa shape index (κ3) is 5.93. The third-order valence-corrected chi connectivity index (χ3v) is 3.78. The Labute approximate surface area is 124 Å². The van der Waals surface area contributed by atoms with Crippen molar-refractivity contribution >= 4 is 15.9 Å². The van der Waals surface area contributed by atoms with Gasteiger partial charge in [-0.3, -0.25) is 0 Å². The van der Waals surface area contributed by atoms with E-state index in [-0.39, 0.29) is 12.0 Å². The van der Waals surface area contributed by atoms with E-state index in [0.717, 1.165) is 36.2 Å². The van der Waals surface area contributed by atoms with E-state index in [1.54, 1.807) is 7.11 Å². The summed E-state index contributed by atoms with van der Waals surface area (Å²) >= 11 is 3.49. The number of nitrogens with one attached hydrogen (secondary N) is 1. The molecule has 0 aliphatic heterocycles. The first-order valence-corrected chi connectivity index (χ1v) is 7.42. The number of benzene rings is 1. The predicted molar refractivity (Wildman–Crippen MR) is 82.5 cm³/mol. The quantitative estimate of drug-likeness (QED) is 0.768. The highest BCUT2D eigenvalue weighted by molar-refractivity contribution is 9.10. The van der Waals surface area contributed by atoms with Crippen LogP contribution in [0.4, 0.5) is 0 Å². The van der Waals surface area contributed by atoms with Crippen LogP contribution in [0.15, 0.2) is 22.7 Å². The molecule has 19 heavy (non-hydrogen) atoms. The molecule has 0 spiro atoms. The first kappa shape index (κ1) is 16.5. The molecule has 0 heterocycles. The van der Waals surface area contributed by atoms with Crippen molar-refractivity contribution in [3.63, 3.8) is 0 Å². The fourth-order valence-electron chi connectivity index (χ4n) is 2.01. The molecule has 108 valence electrons. The molecule has 0 bridgehead atoms. The lowest BCUT2D eigenvalue weighted by molar-refractivity contribution is 0.236. The molecule has 0 unspecified atom stereocenters. The van der Waals surface area contributed by atoms with Crippen LogP contribution in [-0.2, 0) is 6.54 Å². The number of halogens is 1. The van der Waals surface area contributed by atoms with E-state index in [2.05, 4.69) is 47.2 Å². The molecule has 1 rings (SSSR count). The summed E-state index contributed by atoms with van der Waals surface area (Å²) in [6.07, 6.45) is 1.89. The molecule has 0 saturated heterocycles. The van der Waals surface area contributed by atoms with Gasteiger partial charge in [0.1, 0.15) is 5.75 Å². The number of aliphatic hydroxyl groups is 1. The summed E-state index contributed by atoms with van der Waals surface area (Å²) in [6.45, 7) is 6.50. The molecule has 4 heteroatoms. The largest absolute Gasteiger partial charge is 0.496 e. The monoisotopic (exact) mass is 329 g/mol. The first-order valence-electron chi connectivity index (χ1n) is 6.62. The standard InChI is InChI=1S/C15H24BrNO2/c1-15(2,7-4-8-18)11-17-10-12-5-6-14(19-3)13(16)9-12/h5-6,9,17-18H,4,7-8,10-11H2,1-3H3. The van der Waals surface area contributed by atoms with Gasteiger partial charge < -0.3 is 15.2 Å². The SMILES string of the molecule is COc1ccc(CNCC(C)(C)CCCO)cc1Br. The van der Waals surface area contributed by atoms with Crippen LogP contribution in [0.3, 0.4) is 0 Å². The topological polar surface area (TPSA) is 41.5 Å². The fraction of sp³-hybridized carbons (Fsp3) is 0.600.